The second-order valence-electron chi connectivity index (χ2n) is 5.67. The number of aromatic nitrogens is 2. The lowest BCUT2D eigenvalue weighted by Gasteiger charge is -2.13. The Kier molecular flexibility index (Phi) is 5.23. The van der Waals surface area contributed by atoms with E-state index in [-0.39, 0.29) is 12.0 Å². The largest absolute Gasteiger partial charge is 0.374 e. The average molecular weight is 323 g/mol. The van der Waals surface area contributed by atoms with Crippen molar-refractivity contribution in [3.05, 3.63) is 66.0 Å². The molecule has 1 amide bonds. The van der Waals surface area contributed by atoms with Gasteiger partial charge in [-0.2, -0.15) is 0 Å². The van der Waals surface area contributed by atoms with Crippen LogP contribution < -0.4 is 5.32 Å². The Morgan fingerprint density at radius 1 is 1.25 bits per heavy atom. The average Bonchev–Trinajstić information content (AvgIpc) is 3.09. The molecule has 0 saturated heterocycles. The van der Waals surface area contributed by atoms with E-state index in [1.165, 1.54) is 0 Å². The van der Waals surface area contributed by atoms with Crippen LogP contribution >= 0.6 is 0 Å². The summed E-state index contributed by atoms with van der Waals surface area (Å²) in [5.74, 6) is -0.0809. The maximum Gasteiger partial charge on any atom is 0.251 e. The second kappa shape index (κ2) is 7.75. The van der Waals surface area contributed by atoms with Gasteiger partial charge in [0.05, 0.1) is 23.5 Å². The first-order chi connectivity index (χ1) is 11.7. The van der Waals surface area contributed by atoms with Gasteiger partial charge >= 0.3 is 0 Å². The lowest BCUT2D eigenvalue weighted by Crippen LogP contribution is -2.25. The third kappa shape index (κ3) is 4.00. The molecule has 124 valence electrons. The van der Waals surface area contributed by atoms with E-state index in [0.717, 1.165) is 23.0 Å². The fourth-order valence-electron chi connectivity index (χ4n) is 2.53. The Hall–Kier alpha value is -2.66. The molecule has 1 aromatic heterocycles. The summed E-state index contributed by atoms with van der Waals surface area (Å²) in [5.41, 5.74) is 3.51. The van der Waals surface area contributed by atoms with Crippen molar-refractivity contribution >= 4 is 16.9 Å². The predicted molar refractivity (Wildman–Crippen MR) is 93.9 cm³/mol. The number of hydrogen-bond donors (Lipinski definition) is 2. The molecule has 0 aliphatic heterocycles. The Morgan fingerprint density at radius 2 is 2.08 bits per heavy atom. The number of rotatable bonds is 7. The van der Waals surface area contributed by atoms with Crippen LogP contribution in [0, 0.1) is 0 Å². The third-order valence-corrected chi connectivity index (χ3v) is 3.93. The fourth-order valence-corrected chi connectivity index (χ4v) is 2.53. The van der Waals surface area contributed by atoms with Gasteiger partial charge in [-0.1, -0.05) is 30.3 Å². The van der Waals surface area contributed by atoms with Crippen LogP contribution in [0.1, 0.15) is 35.4 Å². The van der Waals surface area contributed by atoms with Crippen molar-refractivity contribution in [2.75, 3.05) is 13.2 Å². The van der Waals surface area contributed by atoms with Gasteiger partial charge in [-0.25, -0.2) is 4.98 Å². The zero-order valence-corrected chi connectivity index (χ0v) is 13.7. The van der Waals surface area contributed by atoms with Crippen molar-refractivity contribution in [3.63, 3.8) is 0 Å². The topological polar surface area (TPSA) is 67.0 Å². The van der Waals surface area contributed by atoms with Crippen molar-refractivity contribution < 1.29 is 9.53 Å². The normalized spacial score (nSPS) is 12.2. The lowest BCUT2D eigenvalue weighted by molar-refractivity contribution is 0.0635. The Bertz CT molecular complexity index is 798. The molecule has 0 aliphatic carbocycles. The van der Waals surface area contributed by atoms with Gasteiger partial charge in [0.1, 0.15) is 0 Å². The van der Waals surface area contributed by atoms with Crippen molar-refractivity contribution in [2.45, 2.75) is 19.4 Å². The molecule has 0 bridgehead atoms. The smallest absolute Gasteiger partial charge is 0.251 e. The monoisotopic (exact) mass is 323 g/mol. The van der Waals surface area contributed by atoms with Crippen molar-refractivity contribution in [2.24, 2.45) is 0 Å². The number of ether oxygens (including phenoxy) is 1. The van der Waals surface area contributed by atoms with Crippen LogP contribution in [-0.4, -0.2) is 29.0 Å². The third-order valence-electron chi connectivity index (χ3n) is 3.93. The van der Waals surface area contributed by atoms with Gasteiger partial charge in [-0.3, -0.25) is 4.79 Å². The van der Waals surface area contributed by atoms with Crippen LogP contribution in [0.15, 0.2) is 54.9 Å². The van der Waals surface area contributed by atoms with Gasteiger partial charge in [0.25, 0.3) is 5.91 Å². The maximum atomic E-state index is 12.1. The number of nitrogens with zero attached hydrogens (tertiary/aromatic N) is 1. The highest BCUT2D eigenvalue weighted by molar-refractivity contribution is 5.97. The van der Waals surface area contributed by atoms with Crippen LogP contribution in [-0.2, 0) is 4.74 Å². The summed E-state index contributed by atoms with van der Waals surface area (Å²) < 4.78 is 5.80. The molecular weight excluding hydrogens is 302 g/mol. The minimum atomic E-state index is -0.0809. The molecule has 3 rings (SSSR count). The standard InChI is InChI=1S/C19H21N3O2/c1-14(15-6-3-2-4-7-15)24-11-5-10-20-19(23)16-8-9-17-18(12-16)22-13-21-17/h2-4,6-9,12-14H,5,10-11H2,1H3,(H,20,23)(H,21,22). The number of aromatic amines is 1. The van der Waals surface area contributed by atoms with E-state index in [2.05, 4.69) is 27.4 Å². The lowest BCUT2D eigenvalue weighted by atomic mass is 10.1. The van der Waals surface area contributed by atoms with E-state index in [9.17, 15) is 4.79 Å². The molecule has 5 heteroatoms. The summed E-state index contributed by atoms with van der Waals surface area (Å²) >= 11 is 0. The fraction of sp³-hybridized carbons (Fsp3) is 0.263. The summed E-state index contributed by atoms with van der Waals surface area (Å²) in [6, 6.07) is 15.5. The summed E-state index contributed by atoms with van der Waals surface area (Å²) in [7, 11) is 0. The zero-order chi connectivity index (χ0) is 16.8. The SMILES string of the molecule is CC(OCCCNC(=O)c1ccc2nc[nH]c2c1)c1ccccc1. The minimum Gasteiger partial charge on any atom is -0.374 e. The van der Waals surface area contributed by atoms with Gasteiger partial charge in [0.2, 0.25) is 0 Å². The molecule has 24 heavy (non-hydrogen) atoms. The number of carbonyl (C=O) groups excluding carboxylic acids is 1. The molecule has 0 saturated carbocycles. The first kappa shape index (κ1) is 16.2. The number of hydrogen-bond acceptors (Lipinski definition) is 3. The van der Waals surface area contributed by atoms with Gasteiger partial charge in [-0.05, 0) is 37.1 Å². The number of imidazole rings is 1. The van der Waals surface area contributed by atoms with Gasteiger partial charge < -0.3 is 15.0 Å². The molecule has 1 atom stereocenters. The van der Waals surface area contributed by atoms with Crippen LogP contribution in [0.25, 0.3) is 11.0 Å². The number of benzene rings is 2. The van der Waals surface area contributed by atoms with E-state index < -0.39 is 0 Å². The Balaban J connectivity index is 1.40. The van der Waals surface area contributed by atoms with Gasteiger partial charge in [0, 0.05) is 18.7 Å². The van der Waals surface area contributed by atoms with E-state index in [4.69, 9.17) is 4.74 Å². The second-order valence-corrected chi connectivity index (χ2v) is 5.67. The molecule has 5 nitrogen and oxygen atoms in total. The number of nitrogens with one attached hydrogen (secondary N) is 2. The first-order valence-corrected chi connectivity index (χ1v) is 8.12. The molecule has 3 aromatic rings. The molecule has 1 unspecified atom stereocenters. The molecule has 2 aromatic carbocycles. The van der Waals surface area contributed by atoms with Crippen LogP contribution in [0.2, 0.25) is 0 Å². The van der Waals surface area contributed by atoms with Crippen LogP contribution in [0.3, 0.4) is 0 Å². The van der Waals surface area contributed by atoms with E-state index >= 15 is 0 Å². The number of amides is 1. The first-order valence-electron chi connectivity index (χ1n) is 8.12. The highest BCUT2D eigenvalue weighted by Gasteiger charge is 2.07. The molecule has 0 spiro atoms. The van der Waals surface area contributed by atoms with Crippen LogP contribution in [0.4, 0.5) is 0 Å². The molecule has 0 fully saturated rings. The minimum absolute atomic E-state index is 0.0599. The Morgan fingerprint density at radius 3 is 2.92 bits per heavy atom. The maximum absolute atomic E-state index is 12.1. The number of fused-ring (bicyclic) bond motifs is 1. The molecule has 0 radical (unpaired) electrons. The predicted octanol–water partition coefficient (Wildman–Crippen LogP) is 3.46. The summed E-state index contributed by atoms with van der Waals surface area (Å²) in [4.78, 5) is 19.3. The number of carbonyl (C=O) groups is 1. The Labute approximate surface area is 141 Å². The van der Waals surface area contributed by atoms with Crippen LogP contribution in [0.5, 0.6) is 0 Å². The van der Waals surface area contributed by atoms with Crippen molar-refractivity contribution in [3.8, 4) is 0 Å². The van der Waals surface area contributed by atoms with Crippen molar-refractivity contribution in [1.29, 1.82) is 0 Å². The summed E-state index contributed by atoms with van der Waals surface area (Å²) in [6.45, 7) is 3.23. The summed E-state index contributed by atoms with van der Waals surface area (Å²) in [6.07, 6.45) is 2.46. The quantitative estimate of drug-likeness (QED) is 0.654. The summed E-state index contributed by atoms with van der Waals surface area (Å²) in [5, 5.41) is 2.92. The van der Waals surface area contributed by atoms with Gasteiger partial charge in [-0.15, -0.1) is 0 Å². The van der Waals surface area contributed by atoms with Crippen molar-refractivity contribution in [1.82, 2.24) is 15.3 Å². The highest BCUT2D eigenvalue weighted by atomic mass is 16.5. The molecule has 1 heterocycles. The highest BCUT2D eigenvalue weighted by Crippen LogP contribution is 2.15. The van der Waals surface area contributed by atoms with Gasteiger partial charge in [0.15, 0.2) is 0 Å². The zero-order valence-electron chi connectivity index (χ0n) is 13.7. The van der Waals surface area contributed by atoms with E-state index in [1.54, 1.807) is 12.4 Å². The van der Waals surface area contributed by atoms with E-state index in [1.807, 2.05) is 37.3 Å². The number of H-pyrrole nitrogens is 1. The molecular formula is C19H21N3O2. The molecule has 2 N–H and O–H groups in total. The molecule has 0 aliphatic rings. The van der Waals surface area contributed by atoms with E-state index in [0.29, 0.717) is 18.7 Å².